The highest BCUT2D eigenvalue weighted by atomic mass is 32.2. The van der Waals surface area contributed by atoms with Crippen LogP contribution in [0.25, 0.3) is 0 Å². The van der Waals surface area contributed by atoms with Crippen LogP contribution in [0.5, 0.6) is 0 Å². The molecule has 1 aliphatic heterocycles. The summed E-state index contributed by atoms with van der Waals surface area (Å²) in [6.45, 7) is 2.99. The van der Waals surface area contributed by atoms with Gasteiger partial charge >= 0.3 is 17.9 Å². The van der Waals surface area contributed by atoms with E-state index in [4.69, 9.17) is 8.92 Å². The first-order valence-corrected chi connectivity index (χ1v) is 8.84. The molecule has 1 heterocycles. The van der Waals surface area contributed by atoms with E-state index >= 15 is 0 Å². The summed E-state index contributed by atoms with van der Waals surface area (Å²) in [6.07, 6.45) is -0.477. The molecule has 0 spiro atoms. The van der Waals surface area contributed by atoms with E-state index in [-0.39, 0.29) is 17.4 Å². The predicted molar refractivity (Wildman–Crippen MR) is 74.4 cm³/mol. The summed E-state index contributed by atoms with van der Waals surface area (Å²) in [5, 5.41) is -0.543. The van der Waals surface area contributed by atoms with E-state index in [1.165, 1.54) is 0 Å². The van der Waals surface area contributed by atoms with Gasteiger partial charge in [0.15, 0.2) is 0 Å². The van der Waals surface area contributed by atoms with Crippen molar-refractivity contribution < 1.29 is 40.4 Å². The van der Waals surface area contributed by atoms with Crippen molar-refractivity contribution >= 4 is 22.1 Å². The van der Waals surface area contributed by atoms with Gasteiger partial charge < -0.3 is 9.47 Å². The fourth-order valence-electron chi connectivity index (χ4n) is 3.59. The summed E-state index contributed by atoms with van der Waals surface area (Å²) in [5.74, 6) is -6.69. The Balaban J connectivity index is 1.57. The van der Waals surface area contributed by atoms with Crippen LogP contribution in [-0.4, -0.2) is 50.3 Å². The lowest BCUT2D eigenvalue weighted by atomic mass is 9.94. The molecule has 3 rings (SSSR count). The van der Waals surface area contributed by atoms with Crippen LogP contribution >= 0.6 is 0 Å². The number of alkyl halides is 2. The highest BCUT2D eigenvalue weighted by Crippen LogP contribution is 2.55. The zero-order chi connectivity index (χ0) is 17.9. The van der Waals surface area contributed by atoms with E-state index in [0.29, 0.717) is 19.8 Å². The Morgan fingerprint density at radius 1 is 1.33 bits per heavy atom. The van der Waals surface area contributed by atoms with Crippen LogP contribution in [-0.2, 0) is 33.4 Å². The van der Waals surface area contributed by atoms with Crippen LogP contribution in [0, 0.1) is 11.8 Å². The second kappa shape index (κ2) is 5.48. The number of fused-ring (bicyclic) bond motifs is 1. The van der Waals surface area contributed by atoms with Gasteiger partial charge in [0.1, 0.15) is 18.8 Å². The van der Waals surface area contributed by atoms with E-state index in [2.05, 4.69) is 11.3 Å². The number of ether oxygens (including phenoxy) is 2. The number of esters is 2. The van der Waals surface area contributed by atoms with E-state index in [0.717, 1.165) is 0 Å². The van der Waals surface area contributed by atoms with E-state index in [1.807, 2.05) is 0 Å². The normalized spacial score (nSPS) is 35.7. The number of hydrogen-bond donors (Lipinski definition) is 0. The molecule has 1 saturated heterocycles. The van der Waals surface area contributed by atoms with Gasteiger partial charge in [-0.25, -0.2) is 9.59 Å². The van der Waals surface area contributed by atoms with Gasteiger partial charge in [-0.05, 0) is 12.8 Å². The fourth-order valence-corrected chi connectivity index (χ4v) is 5.47. The van der Waals surface area contributed by atoms with Crippen molar-refractivity contribution in [3.63, 3.8) is 0 Å². The van der Waals surface area contributed by atoms with Gasteiger partial charge in [0.25, 0.3) is 10.1 Å². The number of rotatable bonds is 5. The second-order valence-corrected chi connectivity index (χ2v) is 8.21. The standard InChI is InChI=1S/C14H16F2O7S/c1-6(5-21-13(18)14(2,15)16)12(17)22-10-7-3-8-9(4-7)24(19,20)23-11(8)10/h7-11H,1,3-5H2,2H3. The van der Waals surface area contributed by atoms with Crippen molar-refractivity contribution in [2.24, 2.45) is 11.8 Å². The van der Waals surface area contributed by atoms with Crippen LogP contribution in [0.15, 0.2) is 12.2 Å². The van der Waals surface area contributed by atoms with Gasteiger partial charge in [-0.2, -0.15) is 17.2 Å². The molecule has 3 fully saturated rings. The molecular formula is C14H16F2O7S. The average Bonchev–Trinajstić information content (AvgIpc) is 3.07. The first-order chi connectivity index (χ1) is 11.0. The minimum atomic E-state index is -3.67. The molecular weight excluding hydrogens is 350 g/mol. The minimum Gasteiger partial charge on any atom is -0.456 e. The minimum absolute atomic E-state index is 0.124. The number of hydrogen-bond acceptors (Lipinski definition) is 7. The van der Waals surface area contributed by atoms with Gasteiger partial charge in [-0.1, -0.05) is 6.58 Å². The van der Waals surface area contributed by atoms with Gasteiger partial charge in [0.05, 0.1) is 10.8 Å². The smallest absolute Gasteiger partial charge is 0.377 e. The largest absolute Gasteiger partial charge is 0.456 e. The van der Waals surface area contributed by atoms with E-state index in [9.17, 15) is 26.8 Å². The van der Waals surface area contributed by atoms with Crippen molar-refractivity contribution in [1.82, 2.24) is 0 Å². The van der Waals surface area contributed by atoms with E-state index in [1.54, 1.807) is 0 Å². The molecule has 5 unspecified atom stereocenters. The molecule has 0 aromatic rings. The third-order valence-electron chi connectivity index (χ3n) is 4.68. The van der Waals surface area contributed by atoms with Crippen LogP contribution in [0.3, 0.4) is 0 Å². The quantitative estimate of drug-likeness (QED) is 0.403. The molecule has 2 bridgehead atoms. The Labute approximate surface area is 137 Å². The van der Waals surface area contributed by atoms with Gasteiger partial charge in [0.2, 0.25) is 0 Å². The molecule has 2 saturated carbocycles. The maximum Gasteiger partial charge on any atom is 0.377 e. The highest BCUT2D eigenvalue weighted by molar-refractivity contribution is 7.87. The average molecular weight is 366 g/mol. The highest BCUT2D eigenvalue weighted by Gasteiger charge is 2.65. The van der Waals surface area contributed by atoms with Crippen molar-refractivity contribution in [3.8, 4) is 0 Å². The lowest BCUT2D eigenvalue weighted by molar-refractivity contribution is -0.169. The molecule has 5 atom stereocenters. The third-order valence-corrected chi connectivity index (χ3v) is 6.46. The van der Waals surface area contributed by atoms with Crippen molar-refractivity contribution in [2.75, 3.05) is 6.61 Å². The molecule has 0 radical (unpaired) electrons. The summed E-state index contributed by atoms with van der Waals surface area (Å²) >= 11 is 0. The predicted octanol–water partition coefficient (Wildman–Crippen LogP) is 0.790. The van der Waals surface area contributed by atoms with Gasteiger partial charge in [0, 0.05) is 18.8 Å². The Morgan fingerprint density at radius 2 is 2.00 bits per heavy atom. The summed E-state index contributed by atoms with van der Waals surface area (Å²) in [7, 11) is -3.62. The van der Waals surface area contributed by atoms with Crippen LogP contribution in [0.2, 0.25) is 0 Å². The summed E-state index contributed by atoms with van der Waals surface area (Å²) in [6, 6.07) is 0. The number of carbonyl (C=O) groups is 2. The van der Waals surface area contributed by atoms with Crippen LogP contribution in [0.4, 0.5) is 8.78 Å². The molecule has 134 valence electrons. The lowest BCUT2D eigenvalue weighted by Crippen LogP contribution is -2.38. The Bertz CT molecular complexity index is 696. The topological polar surface area (TPSA) is 96.0 Å². The van der Waals surface area contributed by atoms with Crippen molar-refractivity contribution in [2.45, 2.75) is 43.1 Å². The first-order valence-electron chi connectivity index (χ1n) is 7.36. The zero-order valence-electron chi connectivity index (χ0n) is 12.7. The molecule has 10 heteroatoms. The number of carbonyl (C=O) groups excluding carboxylic acids is 2. The van der Waals surface area contributed by atoms with Crippen LogP contribution in [0.1, 0.15) is 19.8 Å². The summed E-state index contributed by atoms with van der Waals surface area (Å²) in [4.78, 5) is 22.9. The molecule has 3 aliphatic rings. The molecule has 0 amide bonds. The Kier molecular flexibility index (Phi) is 3.95. The fraction of sp³-hybridized carbons (Fsp3) is 0.714. The molecule has 2 aliphatic carbocycles. The second-order valence-electron chi connectivity index (χ2n) is 6.43. The summed E-state index contributed by atoms with van der Waals surface area (Å²) in [5.41, 5.74) is -0.312. The lowest BCUT2D eigenvalue weighted by Gasteiger charge is -2.25. The maximum atomic E-state index is 12.7. The maximum absolute atomic E-state index is 12.7. The van der Waals surface area contributed by atoms with E-state index < -0.39 is 52.0 Å². The molecule has 24 heavy (non-hydrogen) atoms. The van der Waals surface area contributed by atoms with Crippen molar-refractivity contribution in [1.29, 1.82) is 0 Å². The number of halogens is 2. The third kappa shape index (κ3) is 2.81. The Morgan fingerprint density at radius 3 is 2.62 bits per heavy atom. The Hall–Kier alpha value is -1.55. The molecule has 0 N–H and O–H groups in total. The summed E-state index contributed by atoms with van der Waals surface area (Å²) < 4.78 is 63.6. The molecule has 0 aromatic heterocycles. The van der Waals surface area contributed by atoms with Gasteiger partial charge in [-0.15, -0.1) is 0 Å². The van der Waals surface area contributed by atoms with Gasteiger partial charge in [-0.3, -0.25) is 4.18 Å². The van der Waals surface area contributed by atoms with Crippen molar-refractivity contribution in [3.05, 3.63) is 12.2 Å². The molecule has 7 nitrogen and oxygen atoms in total. The first kappa shape index (κ1) is 17.3. The monoisotopic (exact) mass is 366 g/mol. The zero-order valence-corrected chi connectivity index (χ0v) is 13.6. The molecule has 0 aromatic carbocycles. The SMILES string of the molecule is C=C(COC(=O)C(C)(F)F)C(=O)OC1C2CC3C1OS(=O)(=O)C3C2. The van der Waals surface area contributed by atoms with Crippen LogP contribution < -0.4 is 0 Å².